The molecule has 11 heteroatoms. The smallest absolute Gasteiger partial charge is 0.309 e. The summed E-state index contributed by atoms with van der Waals surface area (Å²) >= 11 is 0. The summed E-state index contributed by atoms with van der Waals surface area (Å²) in [4.78, 5) is 38.7. The van der Waals surface area contributed by atoms with Crippen LogP contribution < -0.4 is 15.1 Å². The molecule has 9 nitrogen and oxygen atoms in total. The molecule has 0 radical (unpaired) electrons. The average Bonchev–Trinajstić information content (AvgIpc) is 2.92. The Morgan fingerprint density at radius 1 is 1.03 bits per heavy atom. The van der Waals surface area contributed by atoms with Crippen molar-refractivity contribution < 1.29 is 23.5 Å². The molecule has 3 fully saturated rings. The first-order chi connectivity index (χ1) is 18.6. The van der Waals surface area contributed by atoms with Gasteiger partial charge in [0.15, 0.2) is 0 Å². The Labute approximate surface area is 227 Å². The maximum atomic E-state index is 15.4. The number of halogens is 2. The third kappa shape index (κ3) is 5.68. The number of likely N-dealkylation sites (tertiary alicyclic amines) is 1. The van der Waals surface area contributed by atoms with Crippen LogP contribution in [0.25, 0.3) is 0 Å². The highest BCUT2D eigenvalue weighted by molar-refractivity contribution is 5.84. The second kappa shape index (κ2) is 10.7. The van der Waals surface area contributed by atoms with Crippen LogP contribution in [0, 0.1) is 17.0 Å². The molecule has 39 heavy (non-hydrogen) atoms. The number of anilines is 2. The van der Waals surface area contributed by atoms with Crippen LogP contribution in [0.5, 0.6) is 0 Å². The third-order valence-corrected chi connectivity index (χ3v) is 8.68. The number of nitrogens with one attached hydrogen (secondary N) is 1. The van der Waals surface area contributed by atoms with Crippen LogP contribution in [0.1, 0.15) is 50.8 Å². The minimum absolute atomic E-state index is 0.0349. The van der Waals surface area contributed by atoms with E-state index in [2.05, 4.69) is 20.2 Å². The molecule has 4 heterocycles. The van der Waals surface area contributed by atoms with Gasteiger partial charge in [-0.05, 0) is 58.2 Å². The average molecular weight is 543 g/mol. The number of carboxylic acid groups (broad SMARTS) is 1. The molecule has 0 atom stereocenters. The zero-order valence-electron chi connectivity index (χ0n) is 22.6. The summed E-state index contributed by atoms with van der Waals surface area (Å²) in [5.74, 6) is -1.25. The maximum Gasteiger partial charge on any atom is 0.309 e. The number of nitrogens with zero attached hydrogens (tertiary/aromatic N) is 5. The van der Waals surface area contributed by atoms with Gasteiger partial charge in [0.1, 0.15) is 23.8 Å². The lowest BCUT2D eigenvalue weighted by atomic mass is 9.80. The van der Waals surface area contributed by atoms with Gasteiger partial charge in [-0.2, -0.15) is 0 Å². The van der Waals surface area contributed by atoms with Crippen LogP contribution in [0.15, 0.2) is 24.5 Å². The summed E-state index contributed by atoms with van der Waals surface area (Å²) in [7, 11) is 0. The number of aryl methyl sites for hydroxylation is 1. The van der Waals surface area contributed by atoms with E-state index >= 15 is 8.78 Å². The van der Waals surface area contributed by atoms with Crippen molar-refractivity contribution in [1.29, 1.82) is 0 Å². The van der Waals surface area contributed by atoms with Crippen LogP contribution >= 0.6 is 0 Å². The molecule has 210 valence electrons. The van der Waals surface area contributed by atoms with Crippen LogP contribution in [-0.4, -0.2) is 76.7 Å². The highest BCUT2D eigenvalue weighted by Gasteiger charge is 2.42. The largest absolute Gasteiger partial charge is 0.481 e. The molecule has 3 aliphatic rings. The predicted octanol–water partition coefficient (Wildman–Crippen LogP) is 2.98. The second-order valence-electron chi connectivity index (χ2n) is 11.4. The van der Waals surface area contributed by atoms with Crippen molar-refractivity contribution in [1.82, 2.24) is 20.2 Å². The van der Waals surface area contributed by atoms with E-state index in [0.717, 1.165) is 17.9 Å². The minimum atomic E-state index is -0.822. The fourth-order valence-electron chi connectivity index (χ4n) is 5.94. The molecule has 2 aromatic rings. The molecular formula is C28H36F2N6O3. The molecule has 0 saturated carbocycles. The zero-order chi connectivity index (χ0) is 27.8. The molecule has 5 rings (SSSR count). The van der Waals surface area contributed by atoms with E-state index in [9.17, 15) is 14.7 Å². The zero-order valence-corrected chi connectivity index (χ0v) is 22.6. The van der Waals surface area contributed by atoms with Crippen molar-refractivity contribution in [2.24, 2.45) is 5.41 Å². The van der Waals surface area contributed by atoms with E-state index < -0.39 is 28.6 Å². The first-order valence-electron chi connectivity index (χ1n) is 13.7. The standard InChI is InChI=1S/C28H36F2N6O3/c1-3-20-13-24(32-18-31-20)35-10-6-28(7-11-35)17-36(16-25(37)33-28)23-14-21(29)19(12-22(23)30)15-34-8-4-27(2,5-9-34)26(38)39/h12-14,18H,3-11,15-17H2,1-2H3,(H,33,37)(H,38,39). The number of hydrogen-bond donors (Lipinski definition) is 2. The number of carboxylic acids is 1. The molecule has 0 unspecified atom stereocenters. The summed E-state index contributed by atoms with van der Waals surface area (Å²) in [5, 5.41) is 12.6. The molecule has 3 saturated heterocycles. The number of benzene rings is 1. The van der Waals surface area contributed by atoms with Gasteiger partial charge in [-0.1, -0.05) is 6.92 Å². The molecular weight excluding hydrogens is 506 g/mol. The molecule has 1 aromatic heterocycles. The first-order valence-corrected chi connectivity index (χ1v) is 13.7. The Morgan fingerprint density at radius 3 is 2.41 bits per heavy atom. The molecule has 0 aliphatic carbocycles. The van der Waals surface area contributed by atoms with E-state index in [1.165, 1.54) is 12.1 Å². The van der Waals surface area contributed by atoms with E-state index in [-0.39, 0.29) is 30.2 Å². The number of amides is 1. The fraction of sp³-hybridized carbons (Fsp3) is 0.571. The molecule has 1 amide bonds. The number of aliphatic carboxylic acids is 1. The molecule has 1 spiro atoms. The van der Waals surface area contributed by atoms with Gasteiger partial charge in [0, 0.05) is 49.6 Å². The number of hydrogen-bond acceptors (Lipinski definition) is 7. The number of rotatable bonds is 6. The summed E-state index contributed by atoms with van der Waals surface area (Å²) in [6, 6.07) is 4.40. The van der Waals surface area contributed by atoms with Gasteiger partial charge in [0.25, 0.3) is 0 Å². The Hall–Kier alpha value is -3.34. The Balaban J connectivity index is 1.26. The Bertz CT molecular complexity index is 1240. The van der Waals surface area contributed by atoms with Gasteiger partial charge in [0.2, 0.25) is 5.91 Å². The Morgan fingerprint density at radius 2 is 1.74 bits per heavy atom. The molecule has 1 aromatic carbocycles. The lowest BCUT2D eigenvalue weighted by molar-refractivity contribution is -0.150. The lowest BCUT2D eigenvalue weighted by Crippen LogP contribution is -2.66. The second-order valence-corrected chi connectivity index (χ2v) is 11.4. The van der Waals surface area contributed by atoms with Crippen molar-refractivity contribution in [3.63, 3.8) is 0 Å². The summed E-state index contributed by atoms with van der Waals surface area (Å²) < 4.78 is 30.6. The van der Waals surface area contributed by atoms with Crippen LogP contribution in [-0.2, 0) is 22.6 Å². The van der Waals surface area contributed by atoms with Crippen molar-refractivity contribution in [2.45, 2.75) is 58.0 Å². The number of aromatic nitrogens is 2. The van der Waals surface area contributed by atoms with Gasteiger partial charge in [-0.25, -0.2) is 18.7 Å². The lowest BCUT2D eigenvalue weighted by Gasteiger charge is -2.48. The molecule has 0 bridgehead atoms. The van der Waals surface area contributed by atoms with Crippen molar-refractivity contribution in [3.05, 3.63) is 47.4 Å². The van der Waals surface area contributed by atoms with Gasteiger partial charge in [-0.15, -0.1) is 0 Å². The van der Waals surface area contributed by atoms with Gasteiger partial charge >= 0.3 is 5.97 Å². The van der Waals surface area contributed by atoms with E-state index in [1.807, 2.05) is 17.9 Å². The molecule has 2 N–H and O–H groups in total. The summed E-state index contributed by atoms with van der Waals surface area (Å²) in [6.45, 7) is 6.72. The third-order valence-electron chi connectivity index (χ3n) is 8.68. The number of piperazine rings is 1. The van der Waals surface area contributed by atoms with Crippen molar-refractivity contribution >= 4 is 23.4 Å². The van der Waals surface area contributed by atoms with Crippen LogP contribution in [0.4, 0.5) is 20.3 Å². The van der Waals surface area contributed by atoms with Gasteiger partial charge < -0.3 is 20.2 Å². The predicted molar refractivity (Wildman–Crippen MR) is 143 cm³/mol. The fourth-order valence-corrected chi connectivity index (χ4v) is 5.94. The monoisotopic (exact) mass is 542 g/mol. The number of carbonyl (C=O) groups excluding carboxylic acids is 1. The topological polar surface area (TPSA) is 102 Å². The van der Waals surface area contributed by atoms with Gasteiger partial charge in [-0.3, -0.25) is 14.5 Å². The SMILES string of the molecule is CCc1cc(N2CCC3(CC2)CN(c2cc(F)c(CN4CCC(C)(C(=O)O)CC4)cc2F)CC(=O)N3)ncn1. The maximum absolute atomic E-state index is 15.4. The van der Waals surface area contributed by atoms with Gasteiger partial charge in [0.05, 0.1) is 23.2 Å². The normalized spacial score (nSPS) is 21.2. The van der Waals surface area contributed by atoms with E-state index in [1.54, 1.807) is 18.2 Å². The minimum Gasteiger partial charge on any atom is -0.481 e. The summed E-state index contributed by atoms with van der Waals surface area (Å²) in [5.41, 5.74) is -0.0153. The van der Waals surface area contributed by atoms with Crippen molar-refractivity contribution in [2.75, 3.05) is 49.1 Å². The van der Waals surface area contributed by atoms with Crippen LogP contribution in [0.2, 0.25) is 0 Å². The number of piperidine rings is 2. The quantitative estimate of drug-likeness (QED) is 0.575. The highest BCUT2D eigenvalue weighted by atomic mass is 19.1. The number of carbonyl (C=O) groups is 2. The highest BCUT2D eigenvalue weighted by Crippen LogP contribution is 2.34. The van der Waals surface area contributed by atoms with Crippen LogP contribution in [0.3, 0.4) is 0 Å². The molecule has 3 aliphatic heterocycles. The van der Waals surface area contributed by atoms with Crippen molar-refractivity contribution in [3.8, 4) is 0 Å². The Kier molecular flexibility index (Phi) is 7.45. The van der Waals surface area contributed by atoms with E-state index in [0.29, 0.717) is 58.4 Å². The van der Waals surface area contributed by atoms with E-state index in [4.69, 9.17) is 0 Å². The summed E-state index contributed by atoms with van der Waals surface area (Å²) in [6.07, 6.45) is 4.64. The first kappa shape index (κ1) is 27.2.